The lowest BCUT2D eigenvalue weighted by molar-refractivity contribution is 0.0496. The van der Waals surface area contributed by atoms with Crippen LogP contribution < -0.4 is 0 Å². The highest BCUT2D eigenvalue weighted by atomic mass is 35.5. The van der Waals surface area contributed by atoms with Crippen molar-refractivity contribution in [3.05, 3.63) is 70.6 Å². The Kier molecular flexibility index (Phi) is 6.13. The number of hydrogen-bond acceptors (Lipinski definition) is 5. The van der Waals surface area contributed by atoms with Crippen molar-refractivity contribution in [3.8, 4) is 5.69 Å². The van der Waals surface area contributed by atoms with E-state index < -0.39 is 0 Å². The zero-order valence-corrected chi connectivity index (χ0v) is 20.4. The molecule has 0 saturated carbocycles. The number of benzene rings is 2. The van der Waals surface area contributed by atoms with Gasteiger partial charge in [0.2, 0.25) is 0 Å². The quantitative estimate of drug-likeness (QED) is 0.376. The lowest BCUT2D eigenvalue weighted by Gasteiger charge is -2.40. The van der Waals surface area contributed by atoms with Crippen molar-refractivity contribution in [2.75, 3.05) is 6.54 Å². The number of halogens is 1. The van der Waals surface area contributed by atoms with E-state index in [1.54, 1.807) is 17.1 Å². The Bertz CT molecular complexity index is 1340. The number of aromatic nitrogens is 4. The van der Waals surface area contributed by atoms with Crippen LogP contribution >= 0.6 is 11.6 Å². The number of piperidine rings is 1. The van der Waals surface area contributed by atoms with Crippen LogP contribution in [0.5, 0.6) is 0 Å². The summed E-state index contributed by atoms with van der Waals surface area (Å²) < 4.78 is 7.62. The predicted octanol–water partition coefficient (Wildman–Crippen LogP) is 5.55. The molecule has 1 amide bonds. The van der Waals surface area contributed by atoms with Crippen LogP contribution in [0.4, 0.5) is 0 Å². The first-order chi connectivity index (χ1) is 16.4. The molecule has 1 aliphatic heterocycles. The number of carbonyl (C=O) groups is 1. The van der Waals surface area contributed by atoms with Crippen molar-refractivity contribution in [1.29, 1.82) is 0 Å². The molecule has 7 nitrogen and oxygen atoms in total. The third kappa shape index (κ3) is 4.44. The number of carbonyl (C=O) groups excluding carboxylic acids is 1. The van der Waals surface area contributed by atoms with Gasteiger partial charge in [-0.25, -0.2) is 14.6 Å². The Hall–Kier alpha value is -3.19. The minimum Gasteiger partial charge on any atom is -0.441 e. The predicted molar refractivity (Wildman–Crippen MR) is 131 cm³/mol. The normalized spacial score (nSPS) is 18.5. The van der Waals surface area contributed by atoms with Crippen LogP contribution in [0.3, 0.4) is 0 Å². The van der Waals surface area contributed by atoms with E-state index in [4.69, 9.17) is 16.0 Å². The van der Waals surface area contributed by atoms with Crippen molar-refractivity contribution in [2.24, 2.45) is 5.92 Å². The van der Waals surface area contributed by atoms with Gasteiger partial charge >= 0.3 is 0 Å². The molecule has 4 aromatic rings. The summed E-state index contributed by atoms with van der Waals surface area (Å²) in [5.41, 5.74) is 3.94. The molecule has 0 aliphatic carbocycles. The van der Waals surface area contributed by atoms with Gasteiger partial charge in [-0.3, -0.25) is 4.79 Å². The number of likely N-dealkylation sites (tertiary alicyclic amines) is 1. The number of amides is 1. The zero-order chi connectivity index (χ0) is 23.8. The summed E-state index contributed by atoms with van der Waals surface area (Å²) in [6.07, 6.45) is 5.20. The number of nitrogens with zero attached hydrogens (tertiary/aromatic N) is 5. The van der Waals surface area contributed by atoms with E-state index in [0.717, 1.165) is 48.2 Å². The van der Waals surface area contributed by atoms with Crippen LogP contribution in [0.25, 0.3) is 16.8 Å². The molecule has 0 N–H and O–H groups in total. The second-order valence-electron chi connectivity index (χ2n) is 9.20. The van der Waals surface area contributed by atoms with Gasteiger partial charge in [0.15, 0.2) is 11.5 Å². The first-order valence-corrected chi connectivity index (χ1v) is 12.1. The van der Waals surface area contributed by atoms with Gasteiger partial charge in [-0.1, -0.05) is 30.2 Å². The Morgan fingerprint density at radius 3 is 2.85 bits per heavy atom. The number of aryl methyl sites for hydroxylation is 3. The van der Waals surface area contributed by atoms with Gasteiger partial charge in [0.1, 0.15) is 17.7 Å². The van der Waals surface area contributed by atoms with Gasteiger partial charge < -0.3 is 9.32 Å². The van der Waals surface area contributed by atoms with Gasteiger partial charge in [0.25, 0.3) is 5.91 Å². The van der Waals surface area contributed by atoms with Crippen molar-refractivity contribution in [1.82, 2.24) is 24.6 Å². The first-order valence-electron chi connectivity index (χ1n) is 11.7. The first kappa shape index (κ1) is 22.6. The molecule has 1 saturated heterocycles. The summed E-state index contributed by atoms with van der Waals surface area (Å²) in [6.45, 7) is 6.81. The van der Waals surface area contributed by atoms with E-state index in [2.05, 4.69) is 22.0 Å². The Balaban J connectivity index is 1.41. The van der Waals surface area contributed by atoms with Gasteiger partial charge in [0, 0.05) is 24.0 Å². The van der Waals surface area contributed by atoms with Crippen molar-refractivity contribution in [3.63, 3.8) is 0 Å². The molecule has 2 aromatic carbocycles. The molecule has 0 unspecified atom stereocenters. The molecule has 0 bridgehead atoms. The highest BCUT2D eigenvalue weighted by molar-refractivity contribution is 6.31. The van der Waals surface area contributed by atoms with Crippen LogP contribution in [0.1, 0.15) is 53.8 Å². The minimum atomic E-state index is 0.0350. The van der Waals surface area contributed by atoms with Gasteiger partial charge in [-0.05, 0) is 69.4 Å². The summed E-state index contributed by atoms with van der Waals surface area (Å²) in [6, 6.07) is 11.5. The van der Waals surface area contributed by atoms with Crippen LogP contribution in [-0.4, -0.2) is 43.1 Å². The second kappa shape index (κ2) is 9.22. The van der Waals surface area contributed by atoms with Gasteiger partial charge in [-0.15, -0.1) is 0 Å². The Morgan fingerprint density at radius 2 is 2.06 bits per heavy atom. The van der Waals surface area contributed by atoms with Crippen LogP contribution in [0.2, 0.25) is 5.02 Å². The molecule has 1 aliphatic rings. The van der Waals surface area contributed by atoms with Crippen LogP contribution in [0.15, 0.2) is 47.1 Å². The Morgan fingerprint density at radius 1 is 1.21 bits per heavy atom. The topological polar surface area (TPSA) is 77.1 Å². The number of oxazole rings is 1. The largest absolute Gasteiger partial charge is 0.441 e. The van der Waals surface area contributed by atoms with Gasteiger partial charge in [0.05, 0.1) is 11.3 Å². The van der Waals surface area contributed by atoms with Crippen molar-refractivity contribution in [2.45, 2.75) is 52.5 Å². The van der Waals surface area contributed by atoms with E-state index in [1.807, 2.05) is 49.1 Å². The van der Waals surface area contributed by atoms with Crippen LogP contribution in [-0.2, 0) is 6.42 Å². The highest BCUT2D eigenvalue weighted by Crippen LogP contribution is 2.30. The lowest BCUT2D eigenvalue weighted by atomic mass is 9.87. The molecule has 0 spiro atoms. The molecule has 5 rings (SSSR count). The fraction of sp³-hybridized carbons (Fsp3) is 0.385. The molecule has 2 aromatic heterocycles. The summed E-state index contributed by atoms with van der Waals surface area (Å²) in [5, 5.41) is 5.08. The van der Waals surface area contributed by atoms with Crippen molar-refractivity contribution >= 4 is 28.6 Å². The number of hydrogen-bond donors (Lipinski definition) is 0. The molecular formula is C26H28ClN5O2. The van der Waals surface area contributed by atoms with Crippen molar-refractivity contribution < 1.29 is 9.21 Å². The third-order valence-corrected chi connectivity index (χ3v) is 6.90. The molecule has 8 heteroatoms. The SMILES string of the molecule is Cc1ccc(-n2cnc(C)n2)c(C(=O)N2CCC[C@@H](C)[C@H]2CCc2nc3cc(Cl)ccc3o2)c1. The average molecular weight is 478 g/mol. The molecule has 34 heavy (non-hydrogen) atoms. The maximum absolute atomic E-state index is 13.9. The molecule has 1 fully saturated rings. The summed E-state index contributed by atoms with van der Waals surface area (Å²) in [5.74, 6) is 1.77. The summed E-state index contributed by atoms with van der Waals surface area (Å²) in [7, 11) is 0. The third-order valence-electron chi connectivity index (χ3n) is 6.66. The summed E-state index contributed by atoms with van der Waals surface area (Å²) >= 11 is 6.09. The highest BCUT2D eigenvalue weighted by Gasteiger charge is 2.33. The molecule has 3 heterocycles. The molecule has 176 valence electrons. The minimum absolute atomic E-state index is 0.0350. The van der Waals surface area contributed by atoms with E-state index >= 15 is 0 Å². The second-order valence-corrected chi connectivity index (χ2v) is 9.64. The monoisotopic (exact) mass is 477 g/mol. The van der Waals surface area contributed by atoms with E-state index in [-0.39, 0.29) is 11.9 Å². The van der Waals surface area contributed by atoms with E-state index in [9.17, 15) is 4.79 Å². The smallest absolute Gasteiger partial charge is 0.256 e. The maximum atomic E-state index is 13.9. The molecule has 0 radical (unpaired) electrons. The van der Waals surface area contributed by atoms with E-state index in [0.29, 0.717) is 34.6 Å². The van der Waals surface area contributed by atoms with E-state index in [1.165, 1.54) is 0 Å². The lowest BCUT2D eigenvalue weighted by Crippen LogP contribution is -2.48. The molecule has 2 atom stereocenters. The standard InChI is InChI=1S/C26H28ClN5O2/c1-16-6-8-23(32-15-28-18(3)30-32)20(13-16)26(33)31-12-4-5-17(2)22(31)9-11-25-29-21-14-19(27)7-10-24(21)34-25/h6-8,10,13-15,17,22H,4-5,9,11-12H2,1-3H3/t17-,22-/m1/s1. The Labute approximate surface area is 203 Å². The summed E-state index contributed by atoms with van der Waals surface area (Å²) in [4.78, 5) is 24.8. The zero-order valence-electron chi connectivity index (χ0n) is 19.7. The number of fused-ring (bicyclic) bond motifs is 1. The van der Waals surface area contributed by atoms with Crippen LogP contribution in [0, 0.1) is 19.8 Å². The number of rotatable bonds is 5. The van der Waals surface area contributed by atoms with Gasteiger partial charge in [-0.2, -0.15) is 5.10 Å². The average Bonchev–Trinajstić information content (AvgIpc) is 3.43. The fourth-order valence-electron chi connectivity index (χ4n) is 4.91. The molecular weight excluding hydrogens is 450 g/mol. The fourth-order valence-corrected chi connectivity index (χ4v) is 5.07. The maximum Gasteiger partial charge on any atom is 0.256 e.